The molecule has 2 N–H and O–H groups in total. The van der Waals surface area contributed by atoms with Crippen LogP contribution in [-0.4, -0.2) is 133 Å². The van der Waals surface area contributed by atoms with Crippen LogP contribution < -0.4 is 15.0 Å². The van der Waals surface area contributed by atoms with Gasteiger partial charge in [0.1, 0.15) is 64.0 Å². The molecule has 2 aliphatic rings. The van der Waals surface area contributed by atoms with E-state index in [4.69, 9.17) is 18.4 Å². The fraction of sp³-hybridized carbons (Fsp3) is 0.581. The van der Waals surface area contributed by atoms with Crippen molar-refractivity contribution in [2.45, 2.75) is 72.6 Å². The third-order valence-electron chi connectivity index (χ3n) is 11.3. The molecular weight excluding hydrogens is 655 g/mol. The Hall–Kier alpha value is -2.87. The maximum absolute atomic E-state index is 14.1. The molecule has 2 aromatic rings. The molecule has 0 spiro atoms. The van der Waals surface area contributed by atoms with Gasteiger partial charge in [0.15, 0.2) is 0 Å². The molecule has 1 saturated carbocycles. The number of ether oxygens (including phenoxy) is 3. The van der Waals surface area contributed by atoms with Crippen LogP contribution in [0.25, 0.3) is 0 Å². The Bertz CT molecular complexity index is 1650. The van der Waals surface area contributed by atoms with E-state index in [0.29, 0.717) is 25.6 Å². The first-order valence-electron chi connectivity index (χ1n) is 17.4. The Balaban J connectivity index is 1.53. The van der Waals surface area contributed by atoms with Crippen molar-refractivity contribution in [2.75, 3.05) is 38.3 Å². The molecule has 1 aromatic carbocycles. The topological polar surface area (TPSA) is 154 Å². The Kier molecular flexibility index (Phi) is 12.0. The second kappa shape index (κ2) is 15.0. The number of carbonyl (C=O) groups excluding carboxylic acids is 2. The van der Waals surface area contributed by atoms with Crippen LogP contribution in [0.2, 0.25) is 5.21 Å². The molecule has 4 rings (SSSR count). The summed E-state index contributed by atoms with van der Waals surface area (Å²) in [5.74, 6) is -0.484. The molecule has 1 saturated heterocycles. The van der Waals surface area contributed by atoms with E-state index < -0.39 is 43.5 Å². The maximum Gasteiger partial charge on any atom is 0.330 e. The van der Waals surface area contributed by atoms with Gasteiger partial charge in [-0.05, 0) is 67.5 Å². The molecule has 19 heteroatoms. The summed E-state index contributed by atoms with van der Waals surface area (Å²) in [5.41, 5.74) is 0.330. The highest BCUT2D eigenvalue weighted by molar-refractivity contribution is 7.86. The molecule has 1 aliphatic carbocycles. The summed E-state index contributed by atoms with van der Waals surface area (Å²) in [7, 11) is 7.81. The fourth-order valence-corrected chi connectivity index (χ4v) is 7.30. The number of esters is 1. The SMILES string of the molecule is BC(B)(OC(=O)C(CC)(CC)NC(=O)c1ccc(N2CC(OC)C2)c(OC[C@H]2C[C@@H]2CO)n1)C(B)(B)C(B)(B)OS(=O)(=O)c1ccc(C)cc1. The van der Waals surface area contributed by atoms with Crippen molar-refractivity contribution in [1.29, 1.82) is 0 Å². The van der Waals surface area contributed by atoms with Gasteiger partial charge in [-0.25, -0.2) is 9.78 Å². The van der Waals surface area contributed by atoms with Gasteiger partial charge in [0.2, 0.25) is 5.88 Å². The van der Waals surface area contributed by atoms with Crippen LogP contribution in [0, 0.1) is 18.8 Å². The van der Waals surface area contributed by atoms with Gasteiger partial charge in [0.05, 0.1) is 17.6 Å². The van der Waals surface area contributed by atoms with Gasteiger partial charge in [-0.1, -0.05) is 31.5 Å². The number of nitrogens with one attached hydrogen (secondary N) is 1. The summed E-state index contributed by atoms with van der Waals surface area (Å²) in [6.07, 6.45) is 1.42. The zero-order valence-corrected chi connectivity index (χ0v) is 32.0. The molecule has 1 amide bonds. The van der Waals surface area contributed by atoms with Gasteiger partial charge in [-0.2, -0.15) is 8.42 Å². The van der Waals surface area contributed by atoms with Gasteiger partial charge in [0.25, 0.3) is 16.0 Å². The second-order valence-corrected chi connectivity index (χ2v) is 16.7. The maximum atomic E-state index is 14.1. The molecule has 2 atom stereocenters. The first-order chi connectivity index (χ1) is 23.3. The minimum atomic E-state index is -4.15. The van der Waals surface area contributed by atoms with Gasteiger partial charge in [-0.15, -0.1) is 0 Å². The number of aliphatic hydroxyl groups excluding tert-OH is 1. The van der Waals surface area contributed by atoms with E-state index in [1.54, 1.807) is 92.3 Å². The van der Waals surface area contributed by atoms with Crippen molar-refractivity contribution < 1.29 is 41.5 Å². The number of amides is 1. The number of methoxy groups -OCH3 is 1. The van der Waals surface area contributed by atoms with Crippen molar-refractivity contribution in [2.24, 2.45) is 11.8 Å². The molecular formula is C31H49B6N3O9S. The van der Waals surface area contributed by atoms with Crippen LogP contribution in [0.4, 0.5) is 5.69 Å². The minimum absolute atomic E-state index is 0.0293. The average molecular weight is 705 g/mol. The lowest BCUT2D eigenvalue weighted by Gasteiger charge is -2.52. The molecule has 50 heavy (non-hydrogen) atoms. The first kappa shape index (κ1) is 39.9. The monoisotopic (exact) mass is 705 g/mol. The highest BCUT2D eigenvalue weighted by Crippen LogP contribution is 2.43. The number of hydrogen-bond acceptors (Lipinski definition) is 11. The summed E-state index contributed by atoms with van der Waals surface area (Å²) < 4.78 is 50.1. The Morgan fingerprint density at radius 2 is 1.60 bits per heavy atom. The molecule has 1 aliphatic heterocycles. The van der Waals surface area contributed by atoms with Crippen LogP contribution in [-0.2, 0) is 28.6 Å². The van der Waals surface area contributed by atoms with Gasteiger partial charge in [-0.3, -0.25) is 8.98 Å². The van der Waals surface area contributed by atoms with Gasteiger partial charge in [0, 0.05) is 37.6 Å². The number of rotatable bonds is 17. The molecule has 2 fully saturated rings. The second-order valence-electron chi connectivity index (χ2n) is 15.2. The zero-order chi connectivity index (χ0) is 37.3. The summed E-state index contributed by atoms with van der Waals surface area (Å²) in [4.78, 5) is 34.6. The summed E-state index contributed by atoms with van der Waals surface area (Å²) in [5, 5.41) is 8.74. The lowest BCUT2D eigenvalue weighted by Crippen LogP contribution is -2.65. The molecule has 266 valence electrons. The summed E-state index contributed by atoms with van der Waals surface area (Å²) in [6, 6.07) is 9.79. The number of nitrogens with zero attached hydrogens (tertiary/aromatic N) is 2. The average Bonchev–Trinajstić information content (AvgIpc) is 3.80. The van der Waals surface area contributed by atoms with Crippen molar-refractivity contribution in [1.82, 2.24) is 10.3 Å². The third kappa shape index (κ3) is 8.26. The van der Waals surface area contributed by atoms with Crippen molar-refractivity contribution in [3.63, 3.8) is 0 Å². The number of anilines is 1. The predicted octanol–water partition coefficient (Wildman–Crippen LogP) is -3.31. The van der Waals surface area contributed by atoms with Gasteiger partial charge < -0.3 is 29.5 Å². The summed E-state index contributed by atoms with van der Waals surface area (Å²) in [6.45, 7) is 7.25. The highest BCUT2D eigenvalue weighted by atomic mass is 32.2. The smallest absolute Gasteiger partial charge is 0.330 e. The van der Waals surface area contributed by atoms with Crippen LogP contribution in [0.1, 0.15) is 49.2 Å². The lowest BCUT2D eigenvalue weighted by atomic mass is 9.24. The van der Waals surface area contributed by atoms with E-state index in [1.807, 2.05) is 6.92 Å². The van der Waals surface area contributed by atoms with Crippen LogP contribution in [0.3, 0.4) is 0 Å². The van der Waals surface area contributed by atoms with E-state index >= 15 is 0 Å². The predicted molar refractivity (Wildman–Crippen MR) is 207 cm³/mol. The quantitative estimate of drug-likeness (QED) is 0.0968. The number of aromatic nitrogens is 1. The summed E-state index contributed by atoms with van der Waals surface area (Å²) >= 11 is 0. The van der Waals surface area contributed by atoms with Crippen molar-refractivity contribution in [3.8, 4) is 5.88 Å². The Labute approximate surface area is 302 Å². The normalized spacial score (nSPS) is 18.6. The molecule has 12 nitrogen and oxygen atoms in total. The molecule has 1 aromatic heterocycles. The van der Waals surface area contributed by atoms with Crippen molar-refractivity contribution >= 4 is 74.8 Å². The van der Waals surface area contributed by atoms with Crippen LogP contribution in [0.15, 0.2) is 41.3 Å². The molecule has 2 heterocycles. The minimum Gasteiger partial charge on any atom is -0.477 e. The van der Waals surface area contributed by atoms with E-state index in [9.17, 15) is 23.1 Å². The number of aliphatic hydroxyl groups is 1. The molecule has 0 bridgehead atoms. The fourth-order valence-electron chi connectivity index (χ4n) is 5.98. The van der Waals surface area contributed by atoms with Gasteiger partial charge >= 0.3 is 5.97 Å². The van der Waals surface area contributed by atoms with Crippen LogP contribution >= 0.6 is 0 Å². The highest BCUT2D eigenvalue weighted by Gasteiger charge is 2.53. The third-order valence-corrected chi connectivity index (χ3v) is 12.8. The molecule has 0 radical (unpaired) electrons. The van der Waals surface area contributed by atoms with E-state index in [2.05, 4.69) is 15.2 Å². The van der Waals surface area contributed by atoms with E-state index in [-0.39, 0.29) is 48.0 Å². The molecule has 0 unspecified atom stereocenters. The standard InChI is InChI=1S/C31H49B6N3O9S/c1-5-28(6-2,27(43)48-30(34,35)29(32,33)31(36,37)49-50(44,45)22-9-7-18(3)8-10-22)39-25(42)23-11-12-24(40-14-21(15-40)46-4)26(38-23)47-17-20-13-19(20)16-41/h7-12,19-21,41H,5-6,13-17,32-37H2,1-4H3,(H,39,42)/t19-,20-/m1/s1. The van der Waals surface area contributed by atoms with Crippen LogP contribution in [0.5, 0.6) is 5.88 Å². The van der Waals surface area contributed by atoms with Crippen molar-refractivity contribution in [3.05, 3.63) is 47.7 Å². The number of aryl methyl sites for hydroxylation is 1. The Morgan fingerprint density at radius 3 is 2.14 bits per heavy atom. The largest absolute Gasteiger partial charge is 0.477 e. The number of carbonyl (C=O) groups is 2. The zero-order valence-electron chi connectivity index (χ0n) is 31.2. The first-order valence-corrected chi connectivity index (χ1v) is 18.8. The lowest BCUT2D eigenvalue weighted by molar-refractivity contribution is -0.157. The van der Waals surface area contributed by atoms with E-state index in [1.165, 1.54) is 12.1 Å². The Morgan fingerprint density at radius 1 is 0.980 bits per heavy atom. The number of hydrogen-bond donors (Lipinski definition) is 2. The number of pyridine rings is 1. The number of benzene rings is 1. The van der Waals surface area contributed by atoms with E-state index in [0.717, 1.165) is 17.7 Å².